The molecule has 0 amide bonds. The summed E-state index contributed by atoms with van der Waals surface area (Å²) in [6, 6.07) is 8.27. The molecule has 94 valence electrons. The highest BCUT2D eigenvalue weighted by molar-refractivity contribution is 5.34. The third-order valence-corrected chi connectivity index (χ3v) is 3.17. The average Bonchev–Trinajstić information content (AvgIpc) is 2.78. The van der Waals surface area contributed by atoms with Gasteiger partial charge in [0.25, 0.3) is 0 Å². The lowest BCUT2D eigenvalue weighted by Crippen LogP contribution is -2.30. The molecule has 1 atom stereocenters. The molecule has 1 aliphatic rings. The lowest BCUT2D eigenvalue weighted by molar-refractivity contribution is 0.156. The molecule has 4 heteroatoms. The van der Waals surface area contributed by atoms with Crippen molar-refractivity contribution in [3.63, 3.8) is 0 Å². The molecule has 0 spiro atoms. The van der Waals surface area contributed by atoms with Gasteiger partial charge in [-0.25, -0.2) is 0 Å². The summed E-state index contributed by atoms with van der Waals surface area (Å²) in [5.41, 5.74) is 2.46. The van der Waals surface area contributed by atoms with E-state index in [4.69, 9.17) is 4.74 Å². The molecule has 3 rings (SSSR count). The van der Waals surface area contributed by atoms with Crippen LogP contribution >= 0.6 is 0 Å². The van der Waals surface area contributed by atoms with E-state index >= 15 is 0 Å². The van der Waals surface area contributed by atoms with Crippen molar-refractivity contribution in [2.24, 2.45) is 0 Å². The summed E-state index contributed by atoms with van der Waals surface area (Å²) in [5.74, 6) is 1.01. The van der Waals surface area contributed by atoms with E-state index in [0.717, 1.165) is 25.4 Å². The van der Waals surface area contributed by atoms with Gasteiger partial charge in [0.05, 0.1) is 6.20 Å². The van der Waals surface area contributed by atoms with E-state index in [1.54, 1.807) is 0 Å². The SMILES string of the molecule is CC1CN(Cc2cn[nH]c2)Cc2ccccc2O1. The fourth-order valence-electron chi connectivity index (χ4n) is 2.42. The van der Waals surface area contributed by atoms with Crippen molar-refractivity contribution in [2.75, 3.05) is 6.54 Å². The lowest BCUT2D eigenvalue weighted by atomic mass is 10.2. The van der Waals surface area contributed by atoms with E-state index < -0.39 is 0 Å². The Labute approximate surface area is 107 Å². The van der Waals surface area contributed by atoms with Gasteiger partial charge in [0.1, 0.15) is 11.9 Å². The Morgan fingerprint density at radius 1 is 1.44 bits per heavy atom. The smallest absolute Gasteiger partial charge is 0.124 e. The van der Waals surface area contributed by atoms with Crippen LogP contribution < -0.4 is 4.74 Å². The number of aromatic nitrogens is 2. The van der Waals surface area contributed by atoms with Crippen LogP contribution in [0.15, 0.2) is 36.7 Å². The second-order valence-electron chi connectivity index (χ2n) is 4.81. The standard InChI is InChI=1S/C14H17N3O/c1-11-8-17(9-12-6-15-16-7-12)10-13-4-2-3-5-14(13)18-11/h2-7,11H,8-10H2,1H3,(H,15,16). The fourth-order valence-corrected chi connectivity index (χ4v) is 2.42. The number of benzene rings is 1. The molecule has 1 aromatic carbocycles. The first-order chi connectivity index (χ1) is 8.81. The monoisotopic (exact) mass is 243 g/mol. The first-order valence-electron chi connectivity index (χ1n) is 6.26. The van der Waals surface area contributed by atoms with Gasteiger partial charge < -0.3 is 4.74 Å². The minimum Gasteiger partial charge on any atom is -0.489 e. The molecule has 0 aliphatic carbocycles. The van der Waals surface area contributed by atoms with Crippen LogP contribution in [0.5, 0.6) is 5.75 Å². The van der Waals surface area contributed by atoms with Crippen LogP contribution in [0.25, 0.3) is 0 Å². The van der Waals surface area contributed by atoms with Crippen LogP contribution in [0.4, 0.5) is 0 Å². The molecule has 0 fully saturated rings. The zero-order chi connectivity index (χ0) is 12.4. The summed E-state index contributed by atoms with van der Waals surface area (Å²) in [7, 11) is 0. The number of hydrogen-bond donors (Lipinski definition) is 1. The van der Waals surface area contributed by atoms with Crippen LogP contribution in [0, 0.1) is 0 Å². The van der Waals surface area contributed by atoms with Gasteiger partial charge in [-0.3, -0.25) is 10.00 Å². The van der Waals surface area contributed by atoms with Gasteiger partial charge >= 0.3 is 0 Å². The molecular formula is C14H17N3O. The van der Waals surface area contributed by atoms with E-state index in [0.29, 0.717) is 0 Å². The first-order valence-corrected chi connectivity index (χ1v) is 6.26. The summed E-state index contributed by atoms with van der Waals surface area (Å²) in [4.78, 5) is 2.39. The predicted octanol–water partition coefficient (Wildman–Crippen LogP) is 2.19. The topological polar surface area (TPSA) is 41.2 Å². The van der Waals surface area contributed by atoms with Crippen molar-refractivity contribution in [1.29, 1.82) is 0 Å². The van der Waals surface area contributed by atoms with E-state index in [1.165, 1.54) is 11.1 Å². The van der Waals surface area contributed by atoms with Crippen molar-refractivity contribution >= 4 is 0 Å². The van der Waals surface area contributed by atoms with Gasteiger partial charge in [-0.05, 0) is 13.0 Å². The Morgan fingerprint density at radius 2 is 2.33 bits per heavy atom. The maximum Gasteiger partial charge on any atom is 0.124 e. The minimum atomic E-state index is 0.209. The molecule has 2 heterocycles. The third kappa shape index (κ3) is 2.38. The van der Waals surface area contributed by atoms with Crippen molar-refractivity contribution < 1.29 is 4.74 Å². The second kappa shape index (κ2) is 4.82. The Hall–Kier alpha value is -1.81. The Balaban J connectivity index is 1.81. The van der Waals surface area contributed by atoms with Crippen LogP contribution in [-0.4, -0.2) is 27.7 Å². The molecular weight excluding hydrogens is 226 g/mol. The van der Waals surface area contributed by atoms with Crippen molar-refractivity contribution in [3.8, 4) is 5.75 Å². The minimum absolute atomic E-state index is 0.209. The molecule has 4 nitrogen and oxygen atoms in total. The van der Waals surface area contributed by atoms with Crippen LogP contribution in [0.1, 0.15) is 18.1 Å². The van der Waals surface area contributed by atoms with Crippen LogP contribution in [-0.2, 0) is 13.1 Å². The van der Waals surface area contributed by atoms with E-state index in [9.17, 15) is 0 Å². The normalized spacial score (nSPS) is 19.9. The average molecular weight is 243 g/mol. The first kappa shape index (κ1) is 11.3. The number of ether oxygens (including phenoxy) is 1. The maximum absolute atomic E-state index is 5.94. The second-order valence-corrected chi connectivity index (χ2v) is 4.81. The highest BCUT2D eigenvalue weighted by Gasteiger charge is 2.19. The predicted molar refractivity (Wildman–Crippen MR) is 69.2 cm³/mol. The molecule has 0 bridgehead atoms. The molecule has 18 heavy (non-hydrogen) atoms. The number of hydrogen-bond acceptors (Lipinski definition) is 3. The van der Waals surface area contributed by atoms with E-state index in [1.807, 2.05) is 24.5 Å². The lowest BCUT2D eigenvalue weighted by Gasteiger charge is -2.20. The largest absolute Gasteiger partial charge is 0.489 e. The van der Waals surface area contributed by atoms with Crippen molar-refractivity contribution in [1.82, 2.24) is 15.1 Å². The van der Waals surface area contributed by atoms with Gasteiger partial charge in [-0.2, -0.15) is 5.10 Å². The summed E-state index contributed by atoms with van der Waals surface area (Å²) < 4.78 is 5.94. The summed E-state index contributed by atoms with van der Waals surface area (Å²) in [5, 5.41) is 6.85. The summed E-state index contributed by atoms with van der Waals surface area (Å²) in [6.45, 7) is 4.87. The van der Waals surface area contributed by atoms with Crippen molar-refractivity contribution in [3.05, 3.63) is 47.8 Å². The Morgan fingerprint density at radius 3 is 3.17 bits per heavy atom. The molecule has 1 aliphatic heterocycles. The molecule has 1 aromatic heterocycles. The highest BCUT2D eigenvalue weighted by Crippen LogP contribution is 2.25. The number of para-hydroxylation sites is 1. The Kier molecular flexibility index (Phi) is 3.02. The van der Waals surface area contributed by atoms with Crippen LogP contribution in [0.3, 0.4) is 0 Å². The van der Waals surface area contributed by atoms with Gasteiger partial charge in [-0.15, -0.1) is 0 Å². The number of nitrogens with one attached hydrogen (secondary N) is 1. The number of nitrogens with zero attached hydrogens (tertiary/aromatic N) is 2. The Bertz CT molecular complexity index is 510. The van der Waals surface area contributed by atoms with Crippen LogP contribution in [0.2, 0.25) is 0 Å². The zero-order valence-electron chi connectivity index (χ0n) is 10.5. The molecule has 0 radical (unpaired) electrons. The summed E-state index contributed by atoms with van der Waals surface area (Å²) in [6.07, 6.45) is 4.03. The molecule has 1 unspecified atom stereocenters. The van der Waals surface area contributed by atoms with E-state index in [2.05, 4.69) is 34.2 Å². The van der Waals surface area contributed by atoms with Crippen molar-refractivity contribution in [2.45, 2.75) is 26.1 Å². The van der Waals surface area contributed by atoms with E-state index in [-0.39, 0.29) is 6.10 Å². The third-order valence-electron chi connectivity index (χ3n) is 3.17. The molecule has 0 saturated carbocycles. The number of fused-ring (bicyclic) bond motifs is 1. The number of aromatic amines is 1. The summed E-state index contributed by atoms with van der Waals surface area (Å²) >= 11 is 0. The molecule has 1 N–H and O–H groups in total. The number of rotatable bonds is 2. The fraction of sp³-hybridized carbons (Fsp3) is 0.357. The van der Waals surface area contributed by atoms with Gasteiger partial charge in [0, 0.05) is 37.0 Å². The number of H-pyrrole nitrogens is 1. The zero-order valence-corrected chi connectivity index (χ0v) is 10.5. The molecule has 0 saturated heterocycles. The molecule has 2 aromatic rings. The maximum atomic E-state index is 5.94. The quantitative estimate of drug-likeness (QED) is 0.879. The van der Waals surface area contributed by atoms with Gasteiger partial charge in [0.2, 0.25) is 0 Å². The highest BCUT2D eigenvalue weighted by atomic mass is 16.5. The van der Waals surface area contributed by atoms with Gasteiger partial charge in [0.15, 0.2) is 0 Å². The van der Waals surface area contributed by atoms with Gasteiger partial charge in [-0.1, -0.05) is 18.2 Å².